The smallest absolute Gasteiger partial charge is 0.251 e. The number of amides is 3. The summed E-state index contributed by atoms with van der Waals surface area (Å²) < 4.78 is 0. The number of nitrogens with zero attached hydrogens (tertiary/aromatic N) is 3. The van der Waals surface area contributed by atoms with Gasteiger partial charge in [-0.2, -0.15) is 0 Å². The number of likely N-dealkylation sites (tertiary alicyclic amines) is 1. The van der Waals surface area contributed by atoms with Gasteiger partial charge in [-0.3, -0.25) is 14.4 Å². The maximum absolute atomic E-state index is 13.2. The number of guanidine groups is 1. The fourth-order valence-corrected chi connectivity index (χ4v) is 3.57. The van der Waals surface area contributed by atoms with Crippen molar-refractivity contribution in [3.63, 3.8) is 0 Å². The molecule has 1 aliphatic rings. The van der Waals surface area contributed by atoms with Gasteiger partial charge in [-0.05, 0) is 44.9 Å². The number of hydrazine groups is 1. The number of rotatable bonds is 12. The number of carbonyl (C=O) groups is 3. The Balaban J connectivity index is 2.88. The van der Waals surface area contributed by atoms with E-state index in [1.165, 1.54) is 4.90 Å². The lowest BCUT2D eigenvalue weighted by Crippen LogP contribution is -2.55. The standard InChI is InChI=1S/C19H36N8O5/c1-4-22-17(29)15-8-6-10-26(15)18(30)14(24-16(28)13(20)11-12(2)3)7-5-9-23-19(21)25-27(31)32/h12-15H,4-11,20H2,1-3H3,(H,22,29)(H,24,28)(H3,21,23,25)/t13-,14-,15-/m0/s1. The van der Waals surface area contributed by atoms with Gasteiger partial charge in [0, 0.05) is 19.6 Å². The number of aliphatic imine (C=N–C) groups is 1. The second kappa shape index (κ2) is 13.5. The molecular formula is C19H36N8O5. The van der Waals surface area contributed by atoms with E-state index in [9.17, 15) is 24.5 Å². The number of hydrogen-bond acceptors (Lipinski definition) is 7. The Morgan fingerprint density at radius 3 is 2.59 bits per heavy atom. The van der Waals surface area contributed by atoms with Crippen LogP contribution in [0.2, 0.25) is 0 Å². The summed E-state index contributed by atoms with van der Waals surface area (Å²) in [6.07, 6.45) is 2.25. The lowest BCUT2D eigenvalue weighted by molar-refractivity contribution is -0.525. The molecule has 0 bridgehead atoms. The predicted octanol–water partition coefficient (Wildman–Crippen LogP) is -1.15. The Morgan fingerprint density at radius 2 is 2.00 bits per heavy atom. The molecule has 7 N–H and O–H groups in total. The van der Waals surface area contributed by atoms with Gasteiger partial charge in [0.2, 0.25) is 17.7 Å². The summed E-state index contributed by atoms with van der Waals surface area (Å²) in [7, 11) is 0. The average Bonchev–Trinajstić information content (AvgIpc) is 3.18. The Hall–Kier alpha value is -2.96. The van der Waals surface area contributed by atoms with E-state index < -0.39 is 29.1 Å². The molecule has 1 aliphatic heterocycles. The quantitative estimate of drug-likeness (QED) is 0.0796. The summed E-state index contributed by atoms with van der Waals surface area (Å²) in [5, 5.41) is 15.0. The topological polar surface area (TPSA) is 198 Å². The highest BCUT2D eigenvalue weighted by molar-refractivity contribution is 5.93. The van der Waals surface area contributed by atoms with Gasteiger partial charge in [-0.25, -0.2) is 15.1 Å². The van der Waals surface area contributed by atoms with Crippen LogP contribution in [0.5, 0.6) is 0 Å². The van der Waals surface area contributed by atoms with Gasteiger partial charge in [0.05, 0.1) is 6.04 Å². The molecule has 3 atom stereocenters. The van der Waals surface area contributed by atoms with Crippen molar-refractivity contribution in [3.8, 4) is 0 Å². The molecule has 0 aromatic heterocycles. The van der Waals surface area contributed by atoms with Crippen LogP contribution in [-0.2, 0) is 14.4 Å². The third-order valence-electron chi connectivity index (χ3n) is 5.01. The summed E-state index contributed by atoms with van der Waals surface area (Å²) in [5.41, 5.74) is 13.1. The van der Waals surface area contributed by atoms with E-state index in [-0.39, 0.29) is 36.7 Å². The molecule has 13 heteroatoms. The van der Waals surface area contributed by atoms with Crippen LogP contribution in [0.3, 0.4) is 0 Å². The highest BCUT2D eigenvalue weighted by Crippen LogP contribution is 2.20. The molecule has 0 saturated carbocycles. The first kappa shape index (κ1) is 27.1. The Kier molecular flexibility index (Phi) is 11.4. The van der Waals surface area contributed by atoms with Crippen molar-refractivity contribution in [2.75, 3.05) is 19.6 Å². The van der Waals surface area contributed by atoms with Crippen molar-refractivity contribution in [2.24, 2.45) is 22.4 Å². The molecule has 1 heterocycles. The molecular weight excluding hydrogens is 420 g/mol. The average molecular weight is 457 g/mol. The fraction of sp³-hybridized carbons (Fsp3) is 0.789. The van der Waals surface area contributed by atoms with Crippen molar-refractivity contribution < 1.29 is 19.4 Å². The molecule has 0 aromatic carbocycles. The molecule has 1 rings (SSSR count). The van der Waals surface area contributed by atoms with Crippen LogP contribution in [0.1, 0.15) is 52.9 Å². The predicted molar refractivity (Wildman–Crippen MR) is 119 cm³/mol. The molecule has 0 aliphatic carbocycles. The largest absolute Gasteiger partial charge is 0.365 e. The summed E-state index contributed by atoms with van der Waals surface area (Å²) >= 11 is 0. The van der Waals surface area contributed by atoms with E-state index in [2.05, 4.69) is 15.6 Å². The van der Waals surface area contributed by atoms with E-state index >= 15 is 0 Å². The van der Waals surface area contributed by atoms with Crippen LogP contribution in [0.25, 0.3) is 0 Å². The number of likely N-dealkylation sites (N-methyl/N-ethyl adjacent to an activating group) is 1. The van der Waals surface area contributed by atoms with Crippen molar-refractivity contribution in [2.45, 2.75) is 71.0 Å². The van der Waals surface area contributed by atoms with Crippen LogP contribution >= 0.6 is 0 Å². The van der Waals surface area contributed by atoms with Gasteiger partial charge in [-0.1, -0.05) is 19.3 Å². The lowest BCUT2D eigenvalue weighted by Gasteiger charge is -2.29. The van der Waals surface area contributed by atoms with Crippen LogP contribution in [0.15, 0.2) is 4.99 Å². The summed E-state index contributed by atoms with van der Waals surface area (Å²) in [6.45, 7) is 6.68. The third kappa shape index (κ3) is 9.04. The minimum Gasteiger partial charge on any atom is -0.365 e. The van der Waals surface area contributed by atoms with E-state index in [0.29, 0.717) is 38.8 Å². The van der Waals surface area contributed by atoms with Crippen molar-refractivity contribution in [3.05, 3.63) is 10.1 Å². The highest BCUT2D eigenvalue weighted by Gasteiger charge is 2.37. The molecule has 0 radical (unpaired) electrons. The molecule has 32 heavy (non-hydrogen) atoms. The van der Waals surface area contributed by atoms with E-state index in [1.54, 1.807) is 12.3 Å². The zero-order valence-corrected chi connectivity index (χ0v) is 19.0. The first-order chi connectivity index (χ1) is 15.1. The summed E-state index contributed by atoms with van der Waals surface area (Å²) in [5.74, 6) is -1.16. The zero-order valence-electron chi connectivity index (χ0n) is 19.0. The van der Waals surface area contributed by atoms with Crippen molar-refractivity contribution >= 4 is 23.7 Å². The van der Waals surface area contributed by atoms with E-state index in [4.69, 9.17) is 11.5 Å². The van der Waals surface area contributed by atoms with Crippen LogP contribution in [0.4, 0.5) is 0 Å². The Morgan fingerprint density at radius 1 is 1.31 bits per heavy atom. The van der Waals surface area contributed by atoms with Crippen molar-refractivity contribution in [1.82, 2.24) is 21.0 Å². The van der Waals surface area contributed by atoms with Gasteiger partial charge in [-0.15, -0.1) is 0 Å². The fourth-order valence-electron chi connectivity index (χ4n) is 3.57. The van der Waals surface area contributed by atoms with Gasteiger partial charge in [0.1, 0.15) is 12.1 Å². The van der Waals surface area contributed by atoms with Crippen LogP contribution in [0, 0.1) is 16.0 Å². The molecule has 3 amide bonds. The van der Waals surface area contributed by atoms with E-state index in [0.717, 1.165) is 0 Å². The van der Waals surface area contributed by atoms with Crippen LogP contribution < -0.4 is 27.5 Å². The lowest BCUT2D eigenvalue weighted by atomic mass is 10.0. The summed E-state index contributed by atoms with van der Waals surface area (Å²) in [6, 6.07) is -2.24. The molecule has 1 saturated heterocycles. The van der Waals surface area contributed by atoms with Gasteiger partial charge in [0.15, 0.2) is 5.03 Å². The minimum absolute atomic E-state index is 0.115. The Bertz CT molecular complexity index is 699. The number of hydrogen-bond donors (Lipinski definition) is 5. The third-order valence-corrected chi connectivity index (χ3v) is 5.01. The molecule has 0 unspecified atom stereocenters. The minimum atomic E-state index is -0.893. The maximum Gasteiger partial charge on any atom is 0.251 e. The highest BCUT2D eigenvalue weighted by atomic mass is 16.7. The molecule has 0 aromatic rings. The summed E-state index contributed by atoms with van der Waals surface area (Å²) in [4.78, 5) is 53.9. The Labute approximate surface area is 187 Å². The molecule has 182 valence electrons. The molecule has 13 nitrogen and oxygen atoms in total. The zero-order chi connectivity index (χ0) is 24.3. The first-order valence-electron chi connectivity index (χ1n) is 10.9. The van der Waals surface area contributed by atoms with Gasteiger partial charge < -0.3 is 27.0 Å². The second-order valence-corrected chi connectivity index (χ2v) is 8.16. The normalized spacial score (nSPS) is 18.2. The number of carbonyl (C=O) groups excluding carboxylic acids is 3. The van der Waals surface area contributed by atoms with Crippen LogP contribution in [-0.4, -0.2) is 71.4 Å². The maximum atomic E-state index is 13.2. The SMILES string of the molecule is CCNC(=O)[C@@H]1CCCN1C(=O)[C@H](CCCN=C(N)N[N+](=O)[O-])NC(=O)[C@@H](N)CC(C)C. The van der Waals surface area contributed by atoms with E-state index in [1.807, 2.05) is 13.8 Å². The van der Waals surface area contributed by atoms with Gasteiger partial charge >= 0.3 is 0 Å². The first-order valence-corrected chi connectivity index (χ1v) is 10.9. The van der Waals surface area contributed by atoms with Crippen molar-refractivity contribution in [1.29, 1.82) is 0 Å². The monoisotopic (exact) mass is 456 g/mol. The number of nitrogens with two attached hydrogens (primary N) is 2. The molecule has 0 spiro atoms. The number of nitro groups is 1. The molecule has 1 fully saturated rings. The second-order valence-electron chi connectivity index (χ2n) is 8.16. The van der Waals surface area contributed by atoms with Gasteiger partial charge in [0.25, 0.3) is 5.96 Å². The number of nitrogens with one attached hydrogen (secondary N) is 3.